The number of hydrogen-bond acceptors (Lipinski definition) is 6. The highest BCUT2D eigenvalue weighted by molar-refractivity contribution is 7.10. The predicted octanol–water partition coefficient (Wildman–Crippen LogP) is 4.85. The maximum absolute atomic E-state index is 13.1. The number of aryl methyl sites for hydroxylation is 1. The smallest absolute Gasteiger partial charge is 0.295 e. The fourth-order valence-electron chi connectivity index (χ4n) is 4.01. The zero-order valence-corrected chi connectivity index (χ0v) is 20.9. The Labute approximate surface area is 200 Å². The van der Waals surface area contributed by atoms with Crippen LogP contribution in [-0.4, -0.2) is 59.4 Å². The molecule has 0 radical (unpaired) electrons. The normalized spacial score (nSPS) is 18.0. The molecule has 0 aliphatic carbocycles. The van der Waals surface area contributed by atoms with Gasteiger partial charge in [0.15, 0.2) is 0 Å². The summed E-state index contributed by atoms with van der Waals surface area (Å²) in [6.45, 7) is 13.7. The number of ketones is 1. The Hall–Kier alpha value is -2.64. The molecule has 2 aromatic rings. The summed E-state index contributed by atoms with van der Waals surface area (Å²) in [6.07, 6.45) is 0. The van der Waals surface area contributed by atoms with E-state index in [9.17, 15) is 14.7 Å². The topological polar surface area (TPSA) is 70.1 Å². The Balaban J connectivity index is 1.99. The highest BCUT2D eigenvalue weighted by atomic mass is 32.1. The average molecular weight is 471 g/mol. The Kier molecular flexibility index (Phi) is 8.32. The fourth-order valence-corrected chi connectivity index (χ4v) is 4.86. The van der Waals surface area contributed by atoms with E-state index in [2.05, 4.69) is 32.6 Å². The van der Waals surface area contributed by atoms with Crippen LogP contribution in [-0.2, 0) is 9.59 Å². The van der Waals surface area contributed by atoms with E-state index >= 15 is 0 Å². The van der Waals surface area contributed by atoms with E-state index in [1.165, 1.54) is 11.3 Å². The Morgan fingerprint density at radius 1 is 1.21 bits per heavy atom. The van der Waals surface area contributed by atoms with Crippen LogP contribution in [0, 0.1) is 12.8 Å². The van der Waals surface area contributed by atoms with Gasteiger partial charge in [-0.2, -0.15) is 0 Å². The van der Waals surface area contributed by atoms with E-state index in [4.69, 9.17) is 4.74 Å². The number of benzene rings is 1. The molecule has 3 rings (SSSR count). The number of likely N-dealkylation sites (tertiary alicyclic amines) is 1. The Morgan fingerprint density at radius 2 is 1.94 bits per heavy atom. The summed E-state index contributed by atoms with van der Waals surface area (Å²) in [6, 6.07) is 8.58. The van der Waals surface area contributed by atoms with E-state index in [-0.39, 0.29) is 11.3 Å². The van der Waals surface area contributed by atoms with Crippen molar-refractivity contribution >= 4 is 28.8 Å². The van der Waals surface area contributed by atoms with Gasteiger partial charge in [-0.1, -0.05) is 33.8 Å². The maximum atomic E-state index is 13.1. The Bertz CT molecular complexity index is 1010. The molecule has 1 amide bonds. The molecular formula is C26H34N2O4S. The third-order valence-electron chi connectivity index (χ3n) is 5.92. The molecule has 1 aliphatic rings. The molecule has 1 saturated heterocycles. The molecule has 1 aliphatic heterocycles. The summed E-state index contributed by atoms with van der Waals surface area (Å²) in [5, 5.41) is 13.2. The van der Waals surface area contributed by atoms with E-state index < -0.39 is 17.7 Å². The van der Waals surface area contributed by atoms with Gasteiger partial charge in [0.2, 0.25) is 0 Å². The van der Waals surface area contributed by atoms with Gasteiger partial charge in [-0.15, -0.1) is 11.3 Å². The molecule has 0 unspecified atom stereocenters. The number of rotatable bonds is 10. The van der Waals surface area contributed by atoms with E-state index in [0.29, 0.717) is 31.2 Å². The van der Waals surface area contributed by atoms with Crippen LogP contribution in [0.3, 0.4) is 0 Å². The predicted molar refractivity (Wildman–Crippen MR) is 133 cm³/mol. The lowest BCUT2D eigenvalue weighted by molar-refractivity contribution is -0.140. The zero-order valence-electron chi connectivity index (χ0n) is 20.1. The number of aliphatic hydroxyl groups is 1. The van der Waals surface area contributed by atoms with Gasteiger partial charge in [-0.25, -0.2) is 0 Å². The summed E-state index contributed by atoms with van der Waals surface area (Å²) >= 11 is 1.48. The number of Topliss-reactive ketones (excluding diaryl/α,β-unsaturated/α-hetero) is 1. The SMILES string of the molecule is CCN(CC)CCN1C(=O)C(=O)/C(=C(/O)c2ccc(OCC(C)C)c(C)c2)[C@@H]1c1cccs1. The van der Waals surface area contributed by atoms with Crippen molar-refractivity contribution < 1.29 is 19.4 Å². The van der Waals surface area contributed by atoms with Crippen LogP contribution in [0.15, 0.2) is 41.3 Å². The first-order valence-electron chi connectivity index (χ1n) is 11.6. The molecule has 1 aromatic heterocycles. The van der Waals surface area contributed by atoms with Crippen LogP contribution in [0.4, 0.5) is 0 Å². The van der Waals surface area contributed by atoms with Gasteiger partial charge in [-0.3, -0.25) is 9.59 Å². The lowest BCUT2D eigenvalue weighted by atomic mass is 9.98. The minimum Gasteiger partial charge on any atom is -0.507 e. The van der Waals surface area contributed by atoms with Crippen molar-refractivity contribution in [1.82, 2.24) is 9.80 Å². The summed E-state index contributed by atoms with van der Waals surface area (Å²) in [4.78, 5) is 30.8. The van der Waals surface area contributed by atoms with Gasteiger partial charge in [0, 0.05) is 23.5 Å². The molecule has 1 N–H and O–H groups in total. The van der Waals surface area contributed by atoms with Crippen LogP contribution < -0.4 is 4.74 Å². The molecule has 2 heterocycles. The number of carbonyl (C=O) groups excluding carboxylic acids is 2. The number of likely N-dealkylation sites (N-methyl/N-ethyl adjacent to an activating group) is 1. The van der Waals surface area contributed by atoms with Crippen molar-refractivity contribution in [2.75, 3.05) is 32.8 Å². The lowest BCUT2D eigenvalue weighted by Crippen LogP contribution is -2.37. The zero-order chi connectivity index (χ0) is 24.1. The molecule has 1 atom stereocenters. The van der Waals surface area contributed by atoms with E-state index in [1.54, 1.807) is 17.0 Å². The van der Waals surface area contributed by atoms with Crippen molar-refractivity contribution in [2.45, 2.75) is 40.7 Å². The molecule has 33 heavy (non-hydrogen) atoms. The second-order valence-corrected chi connectivity index (χ2v) is 9.70. The molecule has 0 spiro atoms. The third kappa shape index (κ3) is 5.47. The van der Waals surface area contributed by atoms with E-state index in [0.717, 1.165) is 29.3 Å². The number of hydrogen-bond donors (Lipinski definition) is 1. The van der Waals surface area contributed by atoms with Gasteiger partial charge >= 0.3 is 0 Å². The van der Waals surface area contributed by atoms with Gasteiger partial charge in [-0.05, 0) is 61.1 Å². The number of nitrogens with zero attached hydrogens (tertiary/aromatic N) is 2. The van der Waals surface area contributed by atoms with Crippen molar-refractivity contribution in [3.63, 3.8) is 0 Å². The van der Waals surface area contributed by atoms with Gasteiger partial charge in [0.25, 0.3) is 11.7 Å². The number of amides is 1. The third-order valence-corrected chi connectivity index (χ3v) is 6.85. The van der Waals surface area contributed by atoms with Crippen molar-refractivity contribution in [2.24, 2.45) is 5.92 Å². The number of ether oxygens (including phenoxy) is 1. The number of aliphatic hydroxyl groups excluding tert-OH is 1. The minimum absolute atomic E-state index is 0.143. The van der Waals surface area contributed by atoms with E-state index in [1.807, 2.05) is 30.5 Å². The highest BCUT2D eigenvalue weighted by Crippen LogP contribution is 2.41. The monoisotopic (exact) mass is 470 g/mol. The second-order valence-electron chi connectivity index (χ2n) is 8.72. The van der Waals surface area contributed by atoms with Crippen molar-refractivity contribution in [3.8, 4) is 5.75 Å². The van der Waals surface area contributed by atoms with Crippen molar-refractivity contribution in [1.29, 1.82) is 0 Å². The van der Waals surface area contributed by atoms with Crippen LogP contribution >= 0.6 is 11.3 Å². The summed E-state index contributed by atoms with van der Waals surface area (Å²) in [5.74, 6) is -0.195. The first-order chi connectivity index (χ1) is 15.8. The van der Waals surface area contributed by atoms with Crippen LogP contribution in [0.2, 0.25) is 0 Å². The number of carbonyl (C=O) groups is 2. The summed E-state index contributed by atoms with van der Waals surface area (Å²) < 4.78 is 5.84. The molecular weight excluding hydrogens is 436 g/mol. The molecule has 0 saturated carbocycles. The quantitative estimate of drug-likeness (QED) is 0.305. The first kappa shape index (κ1) is 25.0. The molecule has 1 fully saturated rings. The van der Waals surface area contributed by atoms with Gasteiger partial charge < -0.3 is 19.6 Å². The highest BCUT2D eigenvalue weighted by Gasteiger charge is 2.46. The summed E-state index contributed by atoms with van der Waals surface area (Å²) in [7, 11) is 0. The largest absolute Gasteiger partial charge is 0.507 e. The summed E-state index contributed by atoms with van der Waals surface area (Å²) in [5.41, 5.74) is 1.52. The number of thiophene rings is 1. The van der Waals surface area contributed by atoms with Crippen molar-refractivity contribution in [3.05, 3.63) is 57.3 Å². The molecule has 0 bridgehead atoms. The molecule has 7 heteroatoms. The van der Waals surface area contributed by atoms with Crippen LogP contribution in [0.25, 0.3) is 5.76 Å². The lowest BCUT2D eigenvalue weighted by Gasteiger charge is -2.27. The minimum atomic E-state index is -0.636. The average Bonchev–Trinajstić information content (AvgIpc) is 3.40. The first-order valence-corrected chi connectivity index (χ1v) is 12.4. The standard InChI is InChI=1S/C26H34N2O4S/c1-6-27(7-2)12-13-28-23(21-9-8-14-33-21)22(25(30)26(28)31)24(29)19-10-11-20(18(5)15-19)32-16-17(3)4/h8-11,14-15,17,23,29H,6-7,12-13,16H2,1-5H3/b24-22+/t23-/m0/s1. The van der Waals surface area contributed by atoms with Gasteiger partial charge in [0.05, 0.1) is 18.2 Å². The van der Waals surface area contributed by atoms with Gasteiger partial charge in [0.1, 0.15) is 11.5 Å². The van der Waals surface area contributed by atoms with Crippen LogP contribution in [0.1, 0.15) is 49.7 Å². The molecule has 1 aromatic carbocycles. The maximum Gasteiger partial charge on any atom is 0.295 e. The second kappa shape index (κ2) is 11.0. The van der Waals surface area contributed by atoms with Crippen LogP contribution in [0.5, 0.6) is 5.75 Å². The fraction of sp³-hybridized carbons (Fsp3) is 0.462. The molecule has 6 nitrogen and oxygen atoms in total. The molecule has 178 valence electrons. The Morgan fingerprint density at radius 3 is 2.52 bits per heavy atom.